The number of morpholine rings is 1. The van der Waals surface area contributed by atoms with Gasteiger partial charge in [0.05, 0.1) is 19.3 Å². The first-order chi connectivity index (χ1) is 10.2. The van der Waals surface area contributed by atoms with Gasteiger partial charge < -0.3 is 14.8 Å². The molecule has 1 aromatic carbocycles. The minimum absolute atomic E-state index is 0.00586. The molecule has 5 nitrogen and oxygen atoms in total. The van der Waals surface area contributed by atoms with Crippen LogP contribution in [0.25, 0.3) is 0 Å². The fourth-order valence-corrected chi connectivity index (χ4v) is 2.99. The van der Waals surface area contributed by atoms with E-state index in [1.54, 1.807) is 18.2 Å². The number of amides is 1. The Bertz CT molecular complexity index is 538. The lowest BCUT2D eigenvalue weighted by atomic mass is 10.00. The molecule has 2 aliphatic heterocycles. The maximum atomic E-state index is 14.2. The molecule has 0 radical (unpaired) electrons. The number of halogens is 1. The van der Waals surface area contributed by atoms with Crippen molar-refractivity contribution in [2.24, 2.45) is 0 Å². The zero-order chi connectivity index (χ0) is 14.8. The van der Waals surface area contributed by atoms with Crippen LogP contribution in [0.1, 0.15) is 12.0 Å². The number of piperidine rings is 1. The second-order valence-corrected chi connectivity index (χ2v) is 5.48. The molecule has 2 heterocycles. The quantitative estimate of drug-likeness (QED) is 0.901. The summed E-state index contributed by atoms with van der Waals surface area (Å²) in [7, 11) is 1.46. The molecule has 3 rings (SSSR count). The van der Waals surface area contributed by atoms with E-state index in [-0.39, 0.29) is 36.2 Å². The Morgan fingerprint density at radius 2 is 2.38 bits per heavy atom. The van der Waals surface area contributed by atoms with E-state index in [1.165, 1.54) is 7.11 Å². The van der Waals surface area contributed by atoms with Gasteiger partial charge in [0.2, 0.25) is 5.91 Å². The molecule has 6 heteroatoms. The predicted octanol–water partition coefficient (Wildman–Crippen LogP) is 0.924. The van der Waals surface area contributed by atoms with Gasteiger partial charge in [-0.1, -0.05) is 12.1 Å². The van der Waals surface area contributed by atoms with Crippen LogP contribution in [0.15, 0.2) is 18.2 Å². The third kappa shape index (κ3) is 3.01. The summed E-state index contributed by atoms with van der Waals surface area (Å²) < 4.78 is 24.7. The minimum Gasteiger partial charge on any atom is -0.494 e. The zero-order valence-electron chi connectivity index (χ0n) is 12.0. The average Bonchev–Trinajstić information content (AvgIpc) is 2.49. The van der Waals surface area contributed by atoms with Crippen LogP contribution in [0.3, 0.4) is 0 Å². The van der Waals surface area contributed by atoms with Gasteiger partial charge in [-0.15, -0.1) is 0 Å². The van der Waals surface area contributed by atoms with Crippen LogP contribution in [0, 0.1) is 5.82 Å². The number of nitrogens with zero attached hydrogens (tertiary/aromatic N) is 1. The Morgan fingerprint density at radius 1 is 1.52 bits per heavy atom. The van der Waals surface area contributed by atoms with Crippen LogP contribution in [-0.2, 0) is 16.1 Å². The van der Waals surface area contributed by atoms with Gasteiger partial charge in [-0.3, -0.25) is 9.69 Å². The lowest BCUT2D eigenvalue weighted by Crippen LogP contribution is -2.60. The van der Waals surface area contributed by atoms with Crippen LogP contribution in [0.5, 0.6) is 5.75 Å². The average molecular weight is 294 g/mol. The molecule has 21 heavy (non-hydrogen) atoms. The first-order valence-electron chi connectivity index (χ1n) is 7.12. The number of rotatable bonds is 3. The molecule has 1 amide bonds. The van der Waals surface area contributed by atoms with Crippen molar-refractivity contribution in [1.29, 1.82) is 0 Å². The first kappa shape index (κ1) is 14.3. The smallest absolute Gasteiger partial charge is 0.246 e. The Morgan fingerprint density at radius 3 is 3.19 bits per heavy atom. The molecule has 2 fully saturated rings. The van der Waals surface area contributed by atoms with Gasteiger partial charge in [0.25, 0.3) is 0 Å². The van der Waals surface area contributed by atoms with E-state index in [4.69, 9.17) is 9.47 Å². The second kappa shape index (κ2) is 5.99. The Balaban J connectivity index is 1.67. The summed E-state index contributed by atoms with van der Waals surface area (Å²) >= 11 is 0. The SMILES string of the molecule is COc1cccc(CN2CC[C@@H]3OCC(=O)N[C@@H]3C2)c1F. The highest BCUT2D eigenvalue weighted by molar-refractivity contribution is 5.78. The number of hydrogen-bond donors (Lipinski definition) is 1. The summed E-state index contributed by atoms with van der Waals surface area (Å²) in [5.74, 6) is -0.131. The van der Waals surface area contributed by atoms with Crippen LogP contribution in [0.2, 0.25) is 0 Å². The summed E-state index contributed by atoms with van der Waals surface area (Å²) in [6.45, 7) is 2.15. The van der Waals surface area contributed by atoms with E-state index < -0.39 is 0 Å². The second-order valence-electron chi connectivity index (χ2n) is 5.48. The van der Waals surface area contributed by atoms with E-state index in [0.717, 1.165) is 13.0 Å². The van der Waals surface area contributed by atoms with Crippen molar-refractivity contribution < 1.29 is 18.7 Å². The van der Waals surface area contributed by atoms with Gasteiger partial charge in [0.1, 0.15) is 6.61 Å². The standard InChI is InChI=1S/C15H19FN2O3/c1-20-13-4-2-3-10(15(13)16)7-18-6-5-12-11(8-18)17-14(19)9-21-12/h2-4,11-12H,5-9H2,1H3,(H,17,19)/t11-,12+/m1/s1. The van der Waals surface area contributed by atoms with Gasteiger partial charge in [0, 0.05) is 25.2 Å². The van der Waals surface area contributed by atoms with Gasteiger partial charge in [-0.25, -0.2) is 4.39 Å². The van der Waals surface area contributed by atoms with E-state index >= 15 is 0 Å². The molecule has 114 valence electrons. The topological polar surface area (TPSA) is 50.8 Å². The summed E-state index contributed by atoms with van der Waals surface area (Å²) in [6, 6.07) is 5.16. The van der Waals surface area contributed by atoms with E-state index in [9.17, 15) is 9.18 Å². The maximum absolute atomic E-state index is 14.2. The van der Waals surface area contributed by atoms with Crippen molar-refractivity contribution in [2.75, 3.05) is 26.8 Å². The van der Waals surface area contributed by atoms with Crippen molar-refractivity contribution in [2.45, 2.75) is 25.1 Å². The highest BCUT2D eigenvalue weighted by atomic mass is 19.1. The number of carbonyl (C=O) groups is 1. The van der Waals surface area contributed by atoms with Crippen molar-refractivity contribution in [3.05, 3.63) is 29.6 Å². The molecule has 0 aliphatic carbocycles. The Labute approximate surface area is 123 Å². The van der Waals surface area contributed by atoms with E-state index in [1.807, 2.05) is 0 Å². The summed E-state index contributed by atoms with van der Waals surface area (Å²) in [4.78, 5) is 13.5. The van der Waals surface area contributed by atoms with Crippen molar-refractivity contribution in [3.8, 4) is 5.75 Å². The van der Waals surface area contributed by atoms with Gasteiger partial charge in [0.15, 0.2) is 11.6 Å². The van der Waals surface area contributed by atoms with E-state index in [0.29, 0.717) is 18.7 Å². The number of fused-ring (bicyclic) bond motifs is 1. The molecule has 0 aromatic heterocycles. The number of carbonyl (C=O) groups excluding carboxylic acids is 1. The number of benzene rings is 1. The van der Waals surface area contributed by atoms with Crippen molar-refractivity contribution in [1.82, 2.24) is 10.2 Å². The van der Waals surface area contributed by atoms with Crippen LogP contribution < -0.4 is 10.1 Å². The van der Waals surface area contributed by atoms with Crippen molar-refractivity contribution >= 4 is 5.91 Å². The molecule has 0 spiro atoms. The van der Waals surface area contributed by atoms with Gasteiger partial charge in [-0.2, -0.15) is 0 Å². The van der Waals surface area contributed by atoms with Crippen molar-refractivity contribution in [3.63, 3.8) is 0 Å². The molecule has 1 N–H and O–H groups in total. The first-order valence-corrected chi connectivity index (χ1v) is 7.12. The number of hydrogen-bond acceptors (Lipinski definition) is 4. The third-order valence-electron chi connectivity index (χ3n) is 4.07. The molecule has 2 aliphatic rings. The maximum Gasteiger partial charge on any atom is 0.246 e. The predicted molar refractivity (Wildman–Crippen MR) is 74.5 cm³/mol. The molecule has 0 unspecified atom stereocenters. The molecular weight excluding hydrogens is 275 g/mol. The van der Waals surface area contributed by atoms with Gasteiger partial charge >= 0.3 is 0 Å². The molecule has 1 aromatic rings. The molecule has 2 atom stereocenters. The summed E-state index contributed by atoms with van der Waals surface area (Å²) in [6.07, 6.45) is 0.922. The molecule has 2 saturated heterocycles. The number of likely N-dealkylation sites (tertiary alicyclic amines) is 1. The lowest BCUT2D eigenvalue weighted by Gasteiger charge is -2.41. The fraction of sp³-hybridized carbons (Fsp3) is 0.533. The molecule has 0 bridgehead atoms. The van der Waals surface area contributed by atoms with Crippen LogP contribution >= 0.6 is 0 Å². The third-order valence-corrected chi connectivity index (χ3v) is 4.07. The summed E-state index contributed by atoms with van der Waals surface area (Å²) in [5, 5.41) is 2.95. The number of nitrogens with one attached hydrogen (secondary N) is 1. The normalized spacial score (nSPS) is 26.1. The fourth-order valence-electron chi connectivity index (χ4n) is 2.99. The molecular formula is C15H19FN2O3. The van der Waals surface area contributed by atoms with E-state index in [2.05, 4.69) is 10.2 Å². The highest BCUT2D eigenvalue weighted by Crippen LogP contribution is 2.24. The Kier molecular flexibility index (Phi) is 4.07. The van der Waals surface area contributed by atoms with Crippen LogP contribution in [-0.4, -0.2) is 49.8 Å². The zero-order valence-corrected chi connectivity index (χ0v) is 12.0. The highest BCUT2D eigenvalue weighted by Gasteiger charge is 2.34. The minimum atomic E-state index is -0.314. The summed E-state index contributed by atoms with van der Waals surface area (Å²) in [5.41, 5.74) is 0.607. The Hall–Kier alpha value is -1.66. The largest absolute Gasteiger partial charge is 0.494 e. The number of methoxy groups -OCH3 is 1. The van der Waals surface area contributed by atoms with Gasteiger partial charge in [-0.05, 0) is 12.5 Å². The number of ether oxygens (including phenoxy) is 2. The lowest BCUT2D eigenvalue weighted by molar-refractivity contribution is -0.140. The monoisotopic (exact) mass is 294 g/mol. The van der Waals surface area contributed by atoms with Crippen LogP contribution in [0.4, 0.5) is 4.39 Å². The molecule has 0 saturated carbocycles.